The first kappa shape index (κ1) is 20.5. The zero-order chi connectivity index (χ0) is 19.0. The van der Waals surface area contributed by atoms with Gasteiger partial charge in [0.05, 0.1) is 16.9 Å². The number of nitrogens with one attached hydrogen (secondary N) is 1. The summed E-state index contributed by atoms with van der Waals surface area (Å²) in [6.07, 6.45) is 1.64. The highest BCUT2D eigenvalue weighted by molar-refractivity contribution is 7.98. The molecule has 6 nitrogen and oxygen atoms in total. The van der Waals surface area contributed by atoms with Crippen LogP contribution in [0.5, 0.6) is 0 Å². The van der Waals surface area contributed by atoms with E-state index in [2.05, 4.69) is 5.32 Å². The van der Waals surface area contributed by atoms with Crippen LogP contribution in [0.2, 0.25) is 0 Å². The normalized spacial score (nSPS) is 11.7. The SMILES string of the molecule is CCN(CC)S(=O)(=O)c1ccc(C(=O)NCCSCc2ccco2)cc1. The number of rotatable bonds is 10. The number of furan rings is 1. The van der Waals surface area contributed by atoms with Gasteiger partial charge in [-0.15, -0.1) is 0 Å². The predicted molar refractivity (Wildman–Crippen MR) is 104 cm³/mol. The van der Waals surface area contributed by atoms with Crippen molar-refractivity contribution in [1.29, 1.82) is 0 Å². The van der Waals surface area contributed by atoms with Crippen molar-refractivity contribution in [1.82, 2.24) is 9.62 Å². The molecule has 0 saturated carbocycles. The van der Waals surface area contributed by atoms with Gasteiger partial charge < -0.3 is 9.73 Å². The number of carbonyl (C=O) groups excluding carboxylic acids is 1. The molecule has 2 rings (SSSR count). The molecule has 0 fully saturated rings. The first-order chi connectivity index (χ1) is 12.5. The minimum atomic E-state index is -3.50. The summed E-state index contributed by atoms with van der Waals surface area (Å²) in [6.45, 7) is 4.96. The third kappa shape index (κ3) is 5.36. The zero-order valence-corrected chi connectivity index (χ0v) is 16.6. The minimum Gasteiger partial charge on any atom is -0.468 e. The van der Waals surface area contributed by atoms with E-state index in [1.807, 2.05) is 12.1 Å². The van der Waals surface area contributed by atoms with E-state index in [1.54, 1.807) is 44.0 Å². The third-order valence-corrected chi connectivity index (χ3v) is 6.86. The van der Waals surface area contributed by atoms with Crippen molar-refractivity contribution < 1.29 is 17.6 Å². The van der Waals surface area contributed by atoms with E-state index in [-0.39, 0.29) is 10.8 Å². The molecular weight excluding hydrogens is 372 g/mol. The largest absolute Gasteiger partial charge is 0.468 e. The molecule has 142 valence electrons. The fourth-order valence-corrected chi connectivity index (χ4v) is 4.61. The number of nitrogens with zero attached hydrogens (tertiary/aromatic N) is 1. The fourth-order valence-electron chi connectivity index (χ4n) is 2.40. The van der Waals surface area contributed by atoms with Crippen LogP contribution in [0, 0.1) is 0 Å². The molecule has 0 unspecified atom stereocenters. The number of thioether (sulfide) groups is 1. The summed E-state index contributed by atoms with van der Waals surface area (Å²) in [7, 11) is -3.50. The van der Waals surface area contributed by atoms with E-state index in [0.29, 0.717) is 25.2 Å². The summed E-state index contributed by atoms with van der Waals surface area (Å²) in [6, 6.07) is 9.81. The minimum absolute atomic E-state index is 0.201. The molecule has 0 atom stereocenters. The van der Waals surface area contributed by atoms with E-state index in [1.165, 1.54) is 16.4 Å². The Morgan fingerprint density at radius 3 is 2.42 bits per heavy atom. The van der Waals surface area contributed by atoms with E-state index < -0.39 is 10.0 Å². The van der Waals surface area contributed by atoms with E-state index >= 15 is 0 Å². The number of benzene rings is 1. The van der Waals surface area contributed by atoms with Crippen LogP contribution in [0.25, 0.3) is 0 Å². The van der Waals surface area contributed by atoms with Gasteiger partial charge in [0, 0.05) is 31.0 Å². The van der Waals surface area contributed by atoms with Gasteiger partial charge in [-0.05, 0) is 36.4 Å². The summed E-state index contributed by atoms with van der Waals surface area (Å²) in [5.74, 6) is 2.23. The Kier molecular flexibility index (Phi) is 7.74. The molecule has 0 aliphatic heterocycles. The van der Waals surface area contributed by atoms with E-state index in [9.17, 15) is 13.2 Å². The molecular formula is C18H24N2O4S2. The van der Waals surface area contributed by atoms with Crippen molar-refractivity contribution in [3.63, 3.8) is 0 Å². The standard InChI is InChI=1S/C18H24N2O4S2/c1-3-20(4-2)26(22,23)17-9-7-15(8-10-17)18(21)19-11-13-25-14-16-6-5-12-24-16/h5-10,12H,3-4,11,13-14H2,1-2H3,(H,19,21). The molecule has 1 N–H and O–H groups in total. The lowest BCUT2D eigenvalue weighted by Crippen LogP contribution is -2.30. The lowest BCUT2D eigenvalue weighted by molar-refractivity contribution is 0.0956. The van der Waals surface area contributed by atoms with Crippen molar-refractivity contribution in [3.05, 3.63) is 54.0 Å². The van der Waals surface area contributed by atoms with Crippen molar-refractivity contribution in [2.75, 3.05) is 25.4 Å². The summed E-state index contributed by atoms with van der Waals surface area (Å²) in [5, 5.41) is 2.83. The van der Waals surface area contributed by atoms with Crippen molar-refractivity contribution >= 4 is 27.7 Å². The highest BCUT2D eigenvalue weighted by Crippen LogP contribution is 2.16. The molecule has 0 saturated heterocycles. The van der Waals surface area contributed by atoms with Gasteiger partial charge in [0.1, 0.15) is 5.76 Å². The predicted octanol–water partition coefficient (Wildman–Crippen LogP) is 2.97. The van der Waals surface area contributed by atoms with E-state index in [0.717, 1.165) is 17.3 Å². The Bertz CT molecular complexity index is 783. The van der Waals surface area contributed by atoms with Crippen LogP contribution in [0.4, 0.5) is 0 Å². The van der Waals surface area contributed by atoms with Crippen LogP contribution in [-0.2, 0) is 15.8 Å². The van der Waals surface area contributed by atoms with Crippen molar-refractivity contribution in [2.45, 2.75) is 24.5 Å². The highest BCUT2D eigenvalue weighted by Gasteiger charge is 2.21. The smallest absolute Gasteiger partial charge is 0.251 e. The van der Waals surface area contributed by atoms with Crippen LogP contribution in [0.1, 0.15) is 30.0 Å². The van der Waals surface area contributed by atoms with Gasteiger partial charge >= 0.3 is 0 Å². The Hall–Kier alpha value is -1.77. The first-order valence-corrected chi connectivity index (χ1v) is 11.1. The Morgan fingerprint density at radius 2 is 1.85 bits per heavy atom. The van der Waals surface area contributed by atoms with Crippen molar-refractivity contribution in [3.8, 4) is 0 Å². The first-order valence-electron chi connectivity index (χ1n) is 8.47. The fraction of sp³-hybridized carbons (Fsp3) is 0.389. The maximum atomic E-state index is 12.4. The van der Waals surface area contributed by atoms with Gasteiger partial charge in [0.25, 0.3) is 5.91 Å². The molecule has 2 aromatic rings. The molecule has 0 bridgehead atoms. The Morgan fingerprint density at radius 1 is 1.15 bits per heavy atom. The van der Waals surface area contributed by atoms with Crippen LogP contribution in [-0.4, -0.2) is 44.0 Å². The molecule has 0 aliphatic rings. The topological polar surface area (TPSA) is 79.6 Å². The van der Waals surface area contributed by atoms with Crippen LogP contribution in [0.3, 0.4) is 0 Å². The molecule has 0 spiro atoms. The average Bonchev–Trinajstić information content (AvgIpc) is 3.15. The number of sulfonamides is 1. The quantitative estimate of drug-likeness (QED) is 0.625. The number of hydrogen-bond acceptors (Lipinski definition) is 5. The summed E-state index contributed by atoms with van der Waals surface area (Å²) in [5.41, 5.74) is 0.444. The van der Waals surface area contributed by atoms with E-state index in [4.69, 9.17) is 4.42 Å². The third-order valence-electron chi connectivity index (χ3n) is 3.82. The molecule has 1 amide bonds. The second kappa shape index (κ2) is 9.80. The molecule has 1 aromatic carbocycles. The molecule has 0 radical (unpaired) electrons. The maximum Gasteiger partial charge on any atom is 0.251 e. The number of hydrogen-bond donors (Lipinski definition) is 1. The van der Waals surface area contributed by atoms with Gasteiger partial charge in [0.15, 0.2) is 0 Å². The zero-order valence-electron chi connectivity index (χ0n) is 15.0. The van der Waals surface area contributed by atoms with Gasteiger partial charge in [0.2, 0.25) is 10.0 Å². The second-order valence-corrected chi connectivity index (χ2v) is 8.54. The van der Waals surface area contributed by atoms with Gasteiger partial charge in [-0.25, -0.2) is 8.42 Å². The second-order valence-electron chi connectivity index (χ2n) is 5.50. The highest BCUT2D eigenvalue weighted by atomic mass is 32.2. The molecule has 26 heavy (non-hydrogen) atoms. The summed E-state index contributed by atoms with van der Waals surface area (Å²) < 4.78 is 31.5. The Balaban J connectivity index is 1.84. The molecule has 0 aliphatic carbocycles. The maximum absolute atomic E-state index is 12.4. The molecule has 1 aromatic heterocycles. The molecule has 8 heteroatoms. The average molecular weight is 397 g/mol. The monoisotopic (exact) mass is 396 g/mol. The number of amides is 1. The van der Waals surface area contributed by atoms with Crippen LogP contribution < -0.4 is 5.32 Å². The van der Waals surface area contributed by atoms with Crippen molar-refractivity contribution in [2.24, 2.45) is 0 Å². The van der Waals surface area contributed by atoms with Crippen LogP contribution >= 0.6 is 11.8 Å². The summed E-state index contributed by atoms with van der Waals surface area (Å²) in [4.78, 5) is 12.3. The molecule has 1 heterocycles. The van der Waals surface area contributed by atoms with Gasteiger partial charge in [-0.1, -0.05) is 13.8 Å². The van der Waals surface area contributed by atoms with Crippen LogP contribution in [0.15, 0.2) is 52.0 Å². The number of carbonyl (C=O) groups is 1. The Labute approximate surface area is 159 Å². The lowest BCUT2D eigenvalue weighted by atomic mass is 10.2. The lowest BCUT2D eigenvalue weighted by Gasteiger charge is -2.18. The van der Waals surface area contributed by atoms with Gasteiger partial charge in [-0.2, -0.15) is 16.1 Å². The summed E-state index contributed by atoms with van der Waals surface area (Å²) >= 11 is 1.67. The van der Waals surface area contributed by atoms with Gasteiger partial charge in [-0.3, -0.25) is 4.79 Å².